The quantitative estimate of drug-likeness (QED) is 0.0337. The van der Waals surface area contributed by atoms with Crippen molar-refractivity contribution in [3.05, 3.63) is 0 Å². The monoisotopic (exact) mass is 1130 g/mol. The van der Waals surface area contributed by atoms with Crippen molar-refractivity contribution in [2.45, 2.75) is 413 Å². The van der Waals surface area contributed by atoms with Crippen LogP contribution >= 0.6 is 0 Å². The summed E-state index contributed by atoms with van der Waals surface area (Å²) in [5.41, 5.74) is 0. The first-order chi connectivity index (χ1) is 39.4. The van der Waals surface area contributed by atoms with Crippen molar-refractivity contribution in [1.29, 1.82) is 0 Å². The molecule has 476 valence electrons. The molecule has 0 saturated heterocycles. The number of carbonyl (C=O) groups is 4. The highest BCUT2D eigenvalue weighted by Crippen LogP contribution is 2.18. The van der Waals surface area contributed by atoms with Gasteiger partial charge in [-0.15, -0.1) is 0 Å². The molecule has 0 bridgehead atoms. The molecular weight excluding hydrogens is 993 g/mol. The molecule has 0 N–H and O–H groups in total. The lowest BCUT2D eigenvalue weighted by Crippen LogP contribution is -2.07. The first-order valence-corrected chi connectivity index (χ1v) is 36.0. The SMILES string of the molecule is CCCCCCCCCCCCCCC(=O)OCCCCCOC(=O)CCCCCCCCCCCCCC.CCCCCCCCCCCCCCCC(=O)OCCCCCOC(=O)CCCCCCCCCCCCCCC. The lowest BCUT2D eigenvalue weighted by atomic mass is 10.0. The average Bonchev–Trinajstić information content (AvgIpc) is 3.45. The van der Waals surface area contributed by atoms with Gasteiger partial charge in [-0.3, -0.25) is 19.2 Å². The molecule has 8 heteroatoms. The minimum atomic E-state index is -0.0593. The van der Waals surface area contributed by atoms with Gasteiger partial charge >= 0.3 is 23.9 Å². The van der Waals surface area contributed by atoms with Crippen LogP contribution in [0.2, 0.25) is 0 Å². The average molecular weight is 1130 g/mol. The Morgan fingerprint density at radius 3 is 0.412 bits per heavy atom. The third-order valence-corrected chi connectivity index (χ3v) is 16.1. The van der Waals surface area contributed by atoms with E-state index < -0.39 is 0 Å². The number of unbranched alkanes of at least 4 members (excludes halogenated alkanes) is 50. The minimum absolute atomic E-state index is 0.0581. The number of rotatable bonds is 66. The predicted octanol–water partition coefficient (Wildman–Crippen LogP) is 23.6. The molecule has 0 aliphatic heterocycles. The highest BCUT2D eigenvalue weighted by atomic mass is 16.5. The van der Waals surface area contributed by atoms with Crippen LogP contribution in [0.15, 0.2) is 0 Å². The molecule has 0 radical (unpaired) electrons. The Morgan fingerprint density at radius 2 is 0.275 bits per heavy atom. The van der Waals surface area contributed by atoms with E-state index in [1.165, 1.54) is 270 Å². The van der Waals surface area contributed by atoms with Gasteiger partial charge in [0, 0.05) is 25.7 Å². The number of hydrogen-bond acceptors (Lipinski definition) is 8. The molecule has 0 spiro atoms. The van der Waals surface area contributed by atoms with Crippen molar-refractivity contribution < 1.29 is 38.1 Å². The lowest BCUT2D eigenvalue weighted by molar-refractivity contribution is -0.145. The summed E-state index contributed by atoms with van der Waals surface area (Å²) < 4.78 is 21.4. The fraction of sp³-hybridized carbons (Fsp3) is 0.944. The highest BCUT2D eigenvalue weighted by Gasteiger charge is 2.07. The second-order valence-electron chi connectivity index (χ2n) is 24.3. The van der Waals surface area contributed by atoms with Crippen molar-refractivity contribution in [2.24, 2.45) is 0 Å². The molecule has 0 unspecified atom stereocenters. The molecule has 0 atom stereocenters. The highest BCUT2D eigenvalue weighted by molar-refractivity contribution is 5.70. The van der Waals surface area contributed by atoms with Gasteiger partial charge in [0.25, 0.3) is 0 Å². The summed E-state index contributed by atoms with van der Waals surface area (Å²) in [5.74, 6) is -0.235. The van der Waals surface area contributed by atoms with E-state index in [0.29, 0.717) is 52.1 Å². The number of carbonyl (C=O) groups excluding carboxylic acids is 4. The minimum Gasteiger partial charge on any atom is -0.466 e. The van der Waals surface area contributed by atoms with Gasteiger partial charge in [0.1, 0.15) is 0 Å². The molecule has 0 rings (SSSR count). The van der Waals surface area contributed by atoms with Crippen LogP contribution in [-0.2, 0) is 38.1 Å². The molecule has 0 amide bonds. The summed E-state index contributed by atoms with van der Waals surface area (Å²) in [4.78, 5) is 47.5. The van der Waals surface area contributed by atoms with E-state index in [9.17, 15) is 19.2 Å². The lowest BCUT2D eigenvalue weighted by Gasteiger charge is -2.07. The fourth-order valence-corrected chi connectivity index (χ4v) is 10.6. The third-order valence-electron chi connectivity index (χ3n) is 16.1. The Morgan fingerprint density at radius 1 is 0.163 bits per heavy atom. The van der Waals surface area contributed by atoms with Crippen LogP contribution in [0.5, 0.6) is 0 Å². The van der Waals surface area contributed by atoms with Crippen LogP contribution in [0.3, 0.4) is 0 Å². The van der Waals surface area contributed by atoms with Gasteiger partial charge in [-0.05, 0) is 64.2 Å². The van der Waals surface area contributed by atoms with Gasteiger partial charge in [-0.25, -0.2) is 0 Å². The summed E-state index contributed by atoms with van der Waals surface area (Å²) in [5, 5.41) is 0. The number of hydrogen-bond donors (Lipinski definition) is 0. The Balaban J connectivity index is 0. The maximum Gasteiger partial charge on any atom is 0.305 e. The summed E-state index contributed by atoms with van der Waals surface area (Å²) in [6.07, 6.45) is 72.9. The van der Waals surface area contributed by atoms with Crippen LogP contribution in [0, 0.1) is 0 Å². The Kier molecular flexibility index (Phi) is 72.9. The predicted molar refractivity (Wildman–Crippen MR) is 344 cm³/mol. The molecule has 8 nitrogen and oxygen atoms in total. The van der Waals surface area contributed by atoms with Gasteiger partial charge in [0.05, 0.1) is 26.4 Å². The second kappa shape index (κ2) is 73.0. The second-order valence-corrected chi connectivity index (χ2v) is 24.3. The topological polar surface area (TPSA) is 105 Å². The van der Waals surface area contributed by atoms with Gasteiger partial charge in [0.15, 0.2) is 0 Å². The van der Waals surface area contributed by atoms with E-state index in [2.05, 4.69) is 27.7 Å². The van der Waals surface area contributed by atoms with Crippen molar-refractivity contribution in [3.63, 3.8) is 0 Å². The summed E-state index contributed by atoms with van der Waals surface area (Å²) in [7, 11) is 0. The maximum absolute atomic E-state index is 11.9. The standard InChI is InChI=1S/C37H72O4.C35H68O4/c1-3-5-7-9-11-13-15-17-19-21-23-25-28-32-36(38)40-34-30-27-31-35-41-37(39)33-29-26-24-22-20-18-16-14-12-10-8-6-4-2;1-3-5-7-9-11-13-15-17-19-21-23-26-30-34(36)38-32-28-25-29-33-39-35(37)31-27-24-22-20-18-16-14-12-10-8-6-4-2/h3-35H2,1-2H3;3-33H2,1-2H3. The Bertz CT molecular complexity index is 1130. The largest absolute Gasteiger partial charge is 0.466 e. The van der Waals surface area contributed by atoms with Crippen molar-refractivity contribution in [1.82, 2.24) is 0 Å². The third kappa shape index (κ3) is 73.9. The molecule has 0 aliphatic rings. The summed E-state index contributed by atoms with van der Waals surface area (Å²) in [6, 6.07) is 0. The first kappa shape index (κ1) is 79.9. The van der Waals surface area contributed by atoms with Crippen LogP contribution in [0.25, 0.3) is 0 Å². The molecule has 0 fully saturated rings. The molecular formula is C72H140O8. The number of esters is 4. The van der Waals surface area contributed by atoms with Crippen molar-refractivity contribution in [3.8, 4) is 0 Å². The summed E-state index contributed by atoms with van der Waals surface area (Å²) in [6.45, 7) is 11.0. The molecule has 80 heavy (non-hydrogen) atoms. The normalized spacial score (nSPS) is 11.2. The van der Waals surface area contributed by atoms with E-state index in [-0.39, 0.29) is 23.9 Å². The Hall–Kier alpha value is -2.12. The molecule has 0 aromatic carbocycles. The van der Waals surface area contributed by atoms with Gasteiger partial charge in [0.2, 0.25) is 0 Å². The van der Waals surface area contributed by atoms with Crippen molar-refractivity contribution in [2.75, 3.05) is 26.4 Å². The van der Waals surface area contributed by atoms with Crippen molar-refractivity contribution >= 4 is 23.9 Å². The van der Waals surface area contributed by atoms with E-state index in [1.54, 1.807) is 0 Å². The van der Waals surface area contributed by atoms with Gasteiger partial charge < -0.3 is 18.9 Å². The van der Waals surface area contributed by atoms with Gasteiger partial charge in [-0.1, -0.05) is 323 Å². The fourth-order valence-electron chi connectivity index (χ4n) is 10.6. The molecule has 0 aromatic heterocycles. The first-order valence-electron chi connectivity index (χ1n) is 36.0. The number of ether oxygens (including phenoxy) is 4. The molecule has 0 aliphatic carbocycles. The zero-order valence-electron chi connectivity index (χ0n) is 54.5. The van der Waals surface area contributed by atoms with Crippen LogP contribution in [0.4, 0.5) is 0 Å². The molecule has 0 aromatic rings. The van der Waals surface area contributed by atoms with Crippen LogP contribution in [-0.4, -0.2) is 50.3 Å². The van der Waals surface area contributed by atoms with Gasteiger partial charge in [-0.2, -0.15) is 0 Å². The van der Waals surface area contributed by atoms with Crippen LogP contribution < -0.4 is 0 Å². The zero-order chi connectivity index (χ0) is 58.4. The molecule has 0 heterocycles. The van der Waals surface area contributed by atoms with E-state index in [4.69, 9.17) is 18.9 Å². The smallest absolute Gasteiger partial charge is 0.305 e. The zero-order valence-corrected chi connectivity index (χ0v) is 54.5. The Labute approximate surface area is 499 Å². The maximum atomic E-state index is 11.9. The molecule has 0 saturated carbocycles. The summed E-state index contributed by atoms with van der Waals surface area (Å²) >= 11 is 0. The van der Waals surface area contributed by atoms with E-state index in [0.717, 1.165) is 89.9 Å². The van der Waals surface area contributed by atoms with Crippen LogP contribution in [0.1, 0.15) is 413 Å². The van der Waals surface area contributed by atoms with E-state index >= 15 is 0 Å². The van der Waals surface area contributed by atoms with E-state index in [1.807, 2.05) is 0 Å².